The fourth-order valence-corrected chi connectivity index (χ4v) is 2.83. The van der Waals surface area contributed by atoms with Crippen molar-refractivity contribution in [1.29, 1.82) is 0 Å². The number of benzene rings is 1. The zero-order valence-electron chi connectivity index (χ0n) is 10.4. The Morgan fingerprint density at radius 3 is 2.38 bits per heavy atom. The normalized spacial score (nSPS) is 12.7. The molecule has 16 heavy (non-hydrogen) atoms. The Morgan fingerprint density at radius 2 is 1.81 bits per heavy atom. The van der Waals surface area contributed by atoms with E-state index in [0.717, 1.165) is 18.8 Å². The van der Waals surface area contributed by atoms with Gasteiger partial charge in [-0.2, -0.15) is 0 Å². The number of aryl methyl sites for hydroxylation is 2. The minimum Gasteiger partial charge on any atom is -0.316 e. The molecule has 1 N–H and O–H groups in total. The molecule has 2 nitrogen and oxygen atoms in total. The topological polar surface area (TPSA) is 29.1 Å². The van der Waals surface area contributed by atoms with Crippen molar-refractivity contribution in [1.82, 2.24) is 5.32 Å². The molecule has 0 aromatic heterocycles. The Bertz CT molecular complexity index is 343. The van der Waals surface area contributed by atoms with Gasteiger partial charge in [-0.3, -0.25) is 4.21 Å². The van der Waals surface area contributed by atoms with Crippen LogP contribution >= 0.6 is 0 Å². The van der Waals surface area contributed by atoms with Crippen LogP contribution in [0.25, 0.3) is 0 Å². The second-order valence-electron chi connectivity index (χ2n) is 4.14. The van der Waals surface area contributed by atoms with Crippen molar-refractivity contribution in [3.8, 4) is 0 Å². The third-order valence-electron chi connectivity index (χ3n) is 2.37. The molecular weight excluding hydrogens is 218 g/mol. The minimum atomic E-state index is -0.752. The first-order valence-electron chi connectivity index (χ1n) is 5.74. The third-order valence-corrected chi connectivity index (χ3v) is 3.68. The highest BCUT2D eigenvalue weighted by Gasteiger charge is 2.02. The van der Waals surface area contributed by atoms with Crippen LogP contribution in [0.2, 0.25) is 0 Å². The predicted octanol–water partition coefficient (Wildman–Crippen LogP) is 2.16. The van der Waals surface area contributed by atoms with E-state index in [-0.39, 0.29) is 0 Å². The Balaban J connectivity index is 2.49. The van der Waals surface area contributed by atoms with E-state index in [2.05, 4.69) is 44.3 Å². The van der Waals surface area contributed by atoms with E-state index < -0.39 is 10.8 Å². The molecule has 0 fully saturated rings. The fourth-order valence-electron chi connectivity index (χ4n) is 1.77. The smallest absolute Gasteiger partial charge is 0.0486 e. The number of hydrogen-bond donors (Lipinski definition) is 1. The first kappa shape index (κ1) is 13.4. The maximum Gasteiger partial charge on any atom is 0.0486 e. The lowest BCUT2D eigenvalue weighted by Gasteiger charge is -2.05. The van der Waals surface area contributed by atoms with Gasteiger partial charge in [0.25, 0.3) is 0 Å². The highest BCUT2D eigenvalue weighted by atomic mass is 32.2. The summed E-state index contributed by atoms with van der Waals surface area (Å²) in [5, 5.41) is 3.19. The van der Waals surface area contributed by atoms with Gasteiger partial charge in [-0.1, -0.05) is 36.2 Å². The van der Waals surface area contributed by atoms with Gasteiger partial charge in [0, 0.05) is 28.9 Å². The maximum absolute atomic E-state index is 11.8. The molecule has 90 valence electrons. The quantitative estimate of drug-likeness (QED) is 0.771. The van der Waals surface area contributed by atoms with Crippen molar-refractivity contribution in [2.75, 3.05) is 18.8 Å². The fraction of sp³-hybridized carbons (Fsp3) is 0.538. The van der Waals surface area contributed by atoms with Crippen molar-refractivity contribution in [2.45, 2.75) is 26.5 Å². The lowest BCUT2D eigenvalue weighted by Crippen LogP contribution is -2.20. The second kappa shape index (κ2) is 6.81. The number of nitrogens with one attached hydrogen (secondary N) is 1. The lowest BCUT2D eigenvalue weighted by atomic mass is 10.1. The molecule has 1 atom stereocenters. The van der Waals surface area contributed by atoms with Gasteiger partial charge in [-0.15, -0.1) is 0 Å². The number of rotatable bonds is 6. The summed E-state index contributed by atoms with van der Waals surface area (Å²) < 4.78 is 11.8. The molecule has 1 aromatic rings. The van der Waals surface area contributed by atoms with Crippen LogP contribution in [0, 0.1) is 13.8 Å². The molecular formula is C13H21NOS. The average molecular weight is 239 g/mol. The van der Waals surface area contributed by atoms with Crippen molar-refractivity contribution < 1.29 is 4.21 Å². The van der Waals surface area contributed by atoms with Crippen LogP contribution in [0.3, 0.4) is 0 Å². The molecule has 0 amide bonds. The zero-order valence-corrected chi connectivity index (χ0v) is 11.2. The summed E-state index contributed by atoms with van der Waals surface area (Å²) in [4.78, 5) is 0. The molecule has 0 radical (unpaired) electrons. The van der Waals surface area contributed by atoms with Crippen molar-refractivity contribution in [3.05, 3.63) is 34.9 Å². The first-order chi connectivity index (χ1) is 7.61. The maximum atomic E-state index is 11.8. The summed E-state index contributed by atoms with van der Waals surface area (Å²) in [6.45, 7) is 8.01. The molecule has 0 bridgehead atoms. The predicted molar refractivity (Wildman–Crippen MR) is 71.2 cm³/mol. The minimum absolute atomic E-state index is 0.675. The second-order valence-corrected chi connectivity index (χ2v) is 5.71. The van der Waals surface area contributed by atoms with Gasteiger partial charge in [-0.05, 0) is 26.0 Å². The molecule has 3 heteroatoms. The van der Waals surface area contributed by atoms with Gasteiger partial charge in [0.05, 0.1) is 0 Å². The standard InChI is InChI=1S/C13H21NOS/c1-4-14-5-6-16(15)10-13-8-11(2)7-12(3)9-13/h7-9,14H,4-6,10H2,1-3H3. The summed E-state index contributed by atoms with van der Waals surface area (Å²) in [5.74, 6) is 1.41. The summed E-state index contributed by atoms with van der Waals surface area (Å²) in [7, 11) is -0.752. The Kier molecular flexibility index (Phi) is 5.71. The Labute approximate surface area is 101 Å². The third kappa shape index (κ3) is 4.90. The van der Waals surface area contributed by atoms with E-state index in [4.69, 9.17) is 0 Å². The van der Waals surface area contributed by atoms with Gasteiger partial charge in [-0.25, -0.2) is 0 Å². The van der Waals surface area contributed by atoms with Crippen LogP contribution < -0.4 is 5.32 Å². The van der Waals surface area contributed by atoms with E-state index in [1.807, 2.05) is 0 Å². The average Bonchev–Trinajstić information content (AvgIpc) is 2.16. The van der Waals surface area contributed by atoms with Gasteiger partial charge in [0.2, 0.25) is 0 Å². The monoisotopic (exact) mass is 239 g/mol. The highest BCUT2D eigenvalue weighted by molar-refractivity contribution is 7.84. The Morgan fingerprint density at radius 1 is 1.19 bits per heavy atom. The van der Waals surface area contributed by atoms with Crippen molar-refractivity contribution >= 4 is 10.8 Å². The van der Waals surface area contributed by atoms with Gasteiger partial charge < -0.3 is 5.32 Å². The molecule has 1 aromatic carbocycles. The summed E-state index contributed by atoms with van der Waals surface area (Å²) in [6, 6.07) is 6.39. The molecule has 0 aliphatic rings. The van der Waals surface area contributed by atoms with Crippen LogP contribution in [0.15, 0.2) is 18.2 Å². The largest absolute Gasteiger partial charge is 0.316 e. The van der Waals surface area contributed by atoms with E-state index >= 15 is 0 Å². The van der Waals surface area contributed by atoms with E-state index in [9.17, 15) is 4.21 Å². The Hall–Kier alpha value is -0.670. The molecule has 0 saturated carbocycles. The highest BCUT2D eigenvalue weighted by Crippen LogP contribution is 2.10. The molecule has 0 heterocycles. The van der Waals surface area contributed by atoms with Crippen LogP contribution in [-0.4, -0.2) is 23.1 Å². The van der Waals surface area contributed by atoms with Gasteiger partial charge in [0.15, 0.2) is 0 Å². The van der Waals surface area contributed by atoms with Crippen LogP contribution in [-0.2, 0) is 16.6 Å². The van der Waals surface area contributed by atoms with Gasteiger partial charge in [0.1, 0.15) is 0 Å². The van der Waals surface area contributed by atoms with Crippen LogP contribution in [0.1, 0.15) is 23.6 Å². The molecule has 0 aliphatic heterocycles. The molecule has 0 saturated heterocycles. The van der Waals surface area contributed by atoms with Crippen LogP contribution in [0.4, 0.5) is 0 Å². The van der Waals surface area contributed by atoms with E-state index in [0.29, 0.717) is 5.75 Å². The summed E-state index contributed by atoms with van der Waals surface area (Å²) in [6.07, 6.45) is 0. The van der Waals surface area contributed by atoms with Crippen molar-refractivity contribution in [2.24, 2.45) is 0 Å². The number of hydrogen-bond acceptors (Lipinski definition) is 2. The molecule has 1 unspecified atom stereocenters. The molecule has 1 rings (SSSR count). The SMILES string of the molecule is CCNCCS(=O)Cc1cc(C)cc(C)c1. The van der Waals surface area contributed by atoms with E-state index in [1.54, 1.807) is 0 Å². The zero-order chi connectivity index (χ0) is 12.0. The molecule has 0 spiro atoms. The van der Waals surface area contributed by atoms with Crippen molar-refractivity contribution in [3.63, 3.8) is 0 Å². The lowest BCUT2D eigenvalue weighted by molar-refractivity contribution is 0.676. The summed E-state index contributed by atoms with van der Waals surface area (Å²) in [5.41, 5.74) is 3.68. The first-order valence-corrected chi connectivity index (χ1v) is 7.23. The van der Waals surface area contributed by atoms with Crippen LogP contribution in [0.5, 0.6) is 0 Å². The molecule has 0 aliphatic carbocycles. The van der Waals surface area contributed by atoms with E-state index in [1.165, 1.54) is 16.7 Å². The summed E-state index contributed by atoms with van der Waals surface area (Å²) >= 11 is 0. The van der Waals surface area contributed by atoms with Gasteiger partial charge >= 0.3 is 0 Å².